The van der Waals surface area contributed by atoms with Crippen LogP contribution in [0.4, 0.5) is 5.69 Å². The molecular formula is C12H19BN2O2. The fraction of sp³-hybridized carbons (Fsp3) is 0.583. The zero-order valence-electron chi connectivity index (χ0n) is 11.1. The van der Waals surface area contributed by atoms with E-state index in [-0.39, 0.29) is 11.2 Å². The minimum atomic E-state index is -0.486. The number of nitrogens with zero attached hydrogens (tertiary/aromatic N) is 1. The van der Waals surface area contributed by atoms with Gasteiger partial charge in [0.2, 0.25) is 0 Å². The van der Waals surface area contributed by atoms with E-state index in [0.29, 0.717) is 11.3 Å². The summed E-state index contributed by atoms with van der Waals surface area (Å²) < 4.78 is 11.8. The van der Waals surface area contributed by atoms with Crippen molar-refractivity contribution < 1.29 is 9.31 Å². The molecule has 1 aliphatic heterocycles. The van der Waals surface area contributed by atoms with Crippen LogP contribution in [0, 0.1) is 6.92 Å². The largest absolute Gasteiger partial charge is 0.516 e. The maximum absolute atomic E-state index is 5.92. The van der Waals surface area contributed by atoms with Gasteiger partial charge in [-0.25, -0.2) is 0 Å². The van der Waals surface area contributed by atoms with Crippen LogP contribution in [0.25, 0.3) is 0 Å². The van der Waals surface area contributed by atoms with E-state index in [4.69, 9.17) is 15.0 Å². The van der Waals surface area contributed by atoms with E-state index in [2.05, 4.69) is 4.98 Å². The number of hydrogen-bond donors (Lipinski definition) is 1. The highest BCUT2D eigenvalue weighted by Crippen LogP contribution is 2.36. The van der Waals surface area contributed by atoms with Gasteiger partial charge < -0.3 is 15.0 Å². The molecule has 1 fully saturated rings. The van der Waals surface area contributed by atoms with Gasteiger partial charge in [-0.15, -0.1) is 0 Å². The standard InChI is InChI=1S/C12H19BN2O2/c1-8-6-7-9(14)10(15-8)13-16-11(2,3)12(4,5)17-13/h6-7H,14H2,1-5H3. The fourth-order valence-electron chi connectivity index (χ4n) is 1.73. The van der Waals surface area contributed by atoms with Gasteiger partial charge in [0.15, 0.2) is 0 Å². The first-order valence-electron chi connectivity index (χ1n) is 5.81. The van der Waals surface area contributed by atoms with Crippen molar-refractivity contribution >= 4 is 18.4 Å². The summed E-state index contributed by atoms with van der Waals surface area (Å²) in [4.78, 5) is 4.41. The molecule has 1 aliphatic rings. The Labute approximate surface area is 103 Å². The average Bonchev–Trinajstić information content (AvgIpc) is 2.40. The molecular weight excluding hydrogens is 215 g/mol. The zero-order valence-corrected chi connectivity index (χ0v) is 11.1. The van der Waals surface area contributed by atoms with Gasteiger partial charge in [-0.3, -0.25) is 4.98 Å². The minimum Gasteiger partial charge on any atom is -0.398 e. The molecule has 1 saturated heterocycles. The maximum atomic E-state index is 5.92. The molecule has 0 aromatic carbocycles. The lowest BCUT2D eigenvalue weighted by atomic mass is 9.83. The average molecular weight is 234 g/mol. The van der Waals surface area contributed by atoms with Crippen LogP contribution in [-0.4, -0.2) is 23.3 Å². The van der Waals surface area contributed by atoms with E-state index in [0.717, 1.165) is 5.69 Å². The van der Waals surface area contributed by atoms with E-state index in [1.54, 1.807) is 0 Å². The third-order valence-electron chi connectivity index (χ3n) is 3.57. The number of pyridine rings is 1. The Balaban J connectivity index is 2.35. The summed E-state index contributed by atoms with van der Waals surface area (Å²) >= 11 is 0. The summed E-state index contributed by atoms with van der Waals surface area (Å²) in [5.41, 5.74) is 7.37. The van der Waals surface area contributed by atoms with Crippen LogP contribution in [0.1, 0.15) is 33.4 Å². The molecule has 5 heteroatoms. The Hall–Kier alpha value is -1.07. The summed E-state index contributed by atoms with van der Waals surface area (Å²) in [5, 5.41) is 0. The molecule has 0 unspecified atom stereocenters. The number of nitrogen functional groups attached to an aromatic ring is 1. The normalized spacial score (nSPS) is 21.8. The molecule has 0 radical (unpaired) electrons. The van der Waals surface area contributed by atoms with Crippen LogP contribution in [0.5, 0.6) is 0 Å². The van der Waals surface area contributed by atoms with Gasteiger partial charge >= 0.3 is 7.12 Å². The minimum absolute atomic E-state index is 0.366. The number of aromatic nitrogens is 1. The van der Waals surface area contributed by atoms with E-state index in [9.17, 15) is 0 Å². The second-order valence-corrected chi connectivity index (χ2v) is 5.52. The molecule has 4 nitrogen and oxygen atoms in total. The van der Waals surface area contributed by atoms with Gasteiger partial charge in [-0.05, 0) is 46.8 Å². The van der Waals surface area contributed by atoms with E-state index in [1.807, 2.05) is 46.8 Å². The molecule has 0 bridgehead atoms. The first-order valence-corrected chi connectivity index (χ1v) is 5.81. The highest BCUT2D eigenvalue weighted by molar-refractivity contribution is 6.62. The Bertz CT molecular complexity index is 430. The van der Waals surface area contributed by atoms with Crippen molar-refractivity contribution in [2.75, 3.05) is 5.73 Å². The van der Waals surface area contributed by atoms with Crippen LogP contribution < -0.4 is 11.3 Å². The van der Waals surface area contributed by atoms with Crippen LogP contribution in [0.3, 0.4) is 0 Å². The second kappa shape index (κ2) is 3.72. The monoisotopic (exact) mass is 234 g/mol. The highest BCUT2D eigenvalue weighted by atomic mass is 16.7. The lowest BCUT2D eigenvalue weighted by molar-refractivity contribution is 0.00578. The lowest BCUT2D eigenvalue weighted by Gasteiger charge is -2.32. The van der Waals surface area contributed by atoms with Gasteiger partial charge in [-0.2, -0.15) is 0 Å². The molecule has 0 saturated carbocycles. The molecule has 92 valence electrons. The number of anilines is 1. The molecule has 1 aromatic rings. The Morgan fingerprint density at radius 3 is 2.18 bits per heavy atom. The highest BCUT2D eigenvalue weighted by Gasteiger charge is 2.52. The number of rotatable bonds is 1. The quantitative estimate of drug-likeness (QED) is 0.743. The Morgan fingerprint density at radius 2 is 1.65 bits per heavy atom. The Kier molecular flexibility index (Phi) is 2.71. The van der Waals surface area contributed by atoms with Crippen molar-refractivity contribution in [2.24, 2.45) is 0 Å². The predicted molar refractivity (Wildman–Crippen MR) is 69.1 cm³/mol. The fourth-order valence-corrected chi connectivity index (χ4v) is 1.73. The molecule has 2 N–H and O–H groups in total. The van der Waals surface area contributed by atoms with Crippen molar-refractivity contribution in [3.63, 3.8) is 0 Å². The first-order chi connectivity index (χ1) is 7.73. The smallest absolute Gasteiger partial charge is 0.398 e. The molecule has 0 atom stereocenters. The molecule has 0 spiro atoms. The third-order valence-corrected chi connectivity index (χ3v) is 3.57. The molecule has 0 amide bonds. The lowest BCUT2D eigenvalue weighted by Crippen LogP contribution is -2.41. The van der Waals surface area contributed by atoms with Gasteiger partial charge in [0.25, 0.3) is 0 Å². The molecule has 2 heterocycles. The maximum Gasteiger partial charge on any atom is 0.516 e. The van der Waals surface area contributed by atoms with Gasteiger partial charge in [0.1, 0.15) is 0 Å². The summed E-state index contributed by atoms with van der Waals surface area (Å²) in [6, 6.07) is 3.72. The Morgan fingerprint density at radius 1 is 1.12 bits per heavy atom. The SMILES string of the molecule is Cc1ccc(N)c(B2OC(C)(C)C(C)(C)O2)n1. The van der Waals surface area contributed by atoms with Gasteiger partial charge in [-0.1, -0.05) is 0 Å². The molecule has 0 aliphatic carbocycles. The van der Waals surface area contributed by atoms with Crippen molar-refractivity contribution in [1.82, 2.24) is 4.98 Å². The second-order valence-electron chi connectivity index (χ2n) is 5.52. The van der Waals surface area contributed by atoms with Crippen molar-refractivity contribution in [2.45, 2.75) is 45.8 Å². The van der Waals surface area contributed by atoms with E-state index >= 15 is 0 Å². The first kappa shape index (κ1) is 12.4. The molecule has 1 aromatic heterocycles. The summed E-state index contributed by atoms with van der Waals surface area (Å²) in [5.74, 6) is 0. The van der Waals surface area contributed by atoms with Gasteiger partial charge in [0, 0.05) is 11.4 Å². The van der Waals surface area contributed by atoms with Crippen LogP contribution in [0.15, 0.2) is 12.1 Å². The van der Waals surface area contributed by atoms with Gasteiger partial charge in [0.05, 0.1) is 16.8 Å². The van der Waals surface area contributed by atoms with Crippen molar-refractivity contribution in [1.29, 1.82) is 0 Å². The number of nitrogens with two attached hydrogens (primary N) is 1. The summed E-state index contributed by atoms with van der Waals surface area (Å²) in [6.45, 7) is 9.98. The third kappa shape index (κ3) is 2.05. The predicted octanol–water partition coefficient (Wildman–Crippen LogP) is 1.27. The topological polar surface area (TPSA) is 57.4 Å². The molecule has 2 rings (SSSR count). The van der Waals surface area contributed by atoms with E-state index in [1.165, 1.54) is 0 Å². The summed E-state index contributed by atoms with van der Waals surface area (Å²) in [7, 11) is -0.486. The number of hydrogen-bond acceptors (Lipinski definition) is 4. The van der Waals surface area contributed by atoms with Crippen LogP contribution in [-0.2, 0) is 9.31 Å². The molecule has 17 heavy (non-hydrogen) atoms. The van der Waals surface area contributed by atoms with Crippen LogP contribution in [0.2, 0.25) is 0 Å². The van der Waals surface area contributed by atoms with Crippen LogP contribution >= 0.6 is 0 Å². The van der Waals surface area contributed by atoms with Crippen molar-refractivity contribution in [3.05, 3.63) is 17.8 Å². The van der Waals surface area contributed by atoms with E-state index < -0.39 is 7.12 Å². The summed E-state index contributed by atoms with van der Waals surface area (Å²) in [6.07, 6.45) is 0. The zero-order chi connectivity index (χ0) is 12.8. The van der Waals surface area contributed by atoms with Crippen molar-refractivity contribution in [3.8, 4) is 0 Å². The number of aryl methyl sites for hydroxylation is 1.